The predicted molar refractivity (Wildman–Crippen MR) is 96.2 cm³/mol. The van der Waals surface area contributed by atoms with Gasteiger partial charge >= 0.3 is 13.9 Å². The molecular formula is C16H17ClN2O7P+. The number of aromatic amines is 1. The molecule has 1 aromatic heterocycles. The number of halogens is 1. The zero-order valence-corrected chi connectivity index (χ0v) is 15.9. The Balaban J connectivity index is 1.72. The molecule has 0 aliphatic carbocycles. The number of aryl methyl sites for hydroxylation is 1. The largest absolute Gasteiger partial charge is 0.750 e. The zero-order chi connectivity index (χ0) is 19.6. The fourth-order valence-electron chi connectivity index (χ4n) is 2.68. The second-order valence-corrected chi connectivity index (χ2v) is 7.16. The van der Waals surface area contributed by atoms with Crippen molar-refractivity contribution in [1.82, 2.24) is 9.55 Å². The number of aromatic nitrogens is 2. The monoisotopic (exact) mass is 415 g/mol. The Morgan fingerprint density at radius 2 is 2.15 bits per heavy atom. The summed E-state index contributed by atoms with van der Waals surface area (Å²) in [6, 6.07) is 6.49. The molecule has 1 fully saturated rings. The molecular weight excluding hydrogens is 399 g/mol. The third-order valence-electron chi connectivity index (χ3n) is 4.05. The summed E-state index contributed by atoms with van der Waals surface area (Å²) in [5, 5.41) is 9.79. The number of rotatable bonds is 6. The van der Waals surface area contributed by atoms with E-state index >= 15 is 0 Å². The summed E-state index contributed by atoms with van der Waals surface area (Å²) in [6.45, 7) is 1.14. The van der Waals surface area contributed by atoms with Crippen LogP contribution >= 0.6 is 19.9 Å². The quantitative estimate of drug-likeness (QED) is 0.691. The van der Waals surface area contributed by atoms with Gasteiger partial charge in [0.25, 0.3) is 5.56 Å². The van der Waals surface area contributed by atoms with Crippen LogP contribution in [0.1, 0.15) is 18.2 Å². The van der Waals surface area contributed by atoms with Crippen molar-refractivity contribution in [2.75, 3.05) is 6.61 Å². The van der Waals surface area contributed by atoms with Crippen molar-refractivity contribution in [1.29, 1.82) is 0 Å². The number of nitrogens with zero attached hydrogens (tertiary/aromatic N) is 1. The highest BCUT2D eigenvalue weighted by Crippen LogP contribution is 2.39. The first kappa shape index (κ1) is 19.7. The molecule has 3 rings (SSSR count). The Kier molecular flexibility index (Phi) is 6.08. The Hall–Kier alpha value is -2.03. The van der Waals surface area contributed by atoms with Gasteiger partial charge in [0.2, 0.25) is 5.75 Å². The third-order valence-corrected chi connectivity index (χ3v) is 5.15. The van der Waals surface area contributed by atoms with Crippen molar-refractivity contribution in [2.45, 2.75) is 31.8 Å². The number of nitrogens with one attached hydrogen (secondary N) is 1. The van der Waals surface area contributed by atoms with E-state index in [2.05, 4.69) is 4.98 Å². The van der Waals surface area contributed by atoms with E-state index in [4.69, 9.17) is 25.4 Å². The molecule has 0 radical (unpaired) electrons. The molecule has 2 aromatic rings. The van der Waals surface area contributed by atoms with Gasteiger partial charge in [0.15, 0.2) is 0 Å². The molecule has 2 unspecified atom stereocenters. The number of benzene rings is 1. The van der Waals surface area contributed by atoms with E-state index in [1.165, 1.54) is 10.8 Å². The second-order valence-electron chi connectivity index (χ2n) is 5.92. The lowest BCUT2D eigenvalue weighted by atomic mass is 10.2. The number of ether oxygens (including phenoxy) is 1. The first-order chi connectivity index (χ1) is 12.9. The molecule has 11 heteroatoms. The van der Waals surface area contributed by atoms with Gasteiger partial charge < -0.3 is 9.84 Å². The minimum atomic E-state index is -2.59. The van der Waals surface area contributed by atoms with Crippen LogP contribution in [0.4, 0.5) is 0 Å². The molecule has 9 nitrogen and oxygen atoms in total. The highest BCUT2D eigenvalue weighted by atomic mass is 35.5. The van der Waals surface area contributed by atoms with Crippen LogP contribution < -0.4 is 15.8 Å². The number of hydrogen-bond donors (Lipinski definition) is 2. The maximum Gasteiger partial charge on any atom is 0.750 e. The molecule has 0 amide bonds. The smallest absolute Gasteiger partial charge is 0.394 e. The lowest BCUT2D eigenvalue weighted by Gasteiger charge is -2.14. The van der Waals surface area contributed by atoms with Gasteiger partial charge in [-0.25, -0.2) is 9.32 Å². The van der Waals surface area contributed by atoms with Gasteiger partial charge in [-0.05, 0) is 19.1 Å². The lowest BCUT2D eigenvalue weighted by molar-refractivity contribution is -0.0422. The Bertz CT molecular complexity index is 960. The van der Waals surface area contributed by atoms with Crippen LogP contribution in [-0.2, 0) is 13.8 Å². The van der Waals surface area contributed by atoms with Gasteiger partial charge in [0.1, 0.15) is 18.4 Å². The fraction of sp³-hybridized carbons (Fsp3) is 0.375. The van der Waals surface area contributed by atoms with Crippen molar-refractivity contribution in [3.8, 4) is 5.75 Å². The summed E-state index contributed by atoms with van der Waals surface area (Å²) in [5.74, 6) is 0.198. The number of H-pyrrole nitrogens is 1. The Morgan fingerprint density at radius 3 is 2.85 bits per heavy atom. The molecule has 0 spiro atoms. The highest BCUT2D eigenvalue weighted by molar-refractivity contribution is 7.33. The minimum absolute atomic E-state index is 0.129. The van der Waals surface area contributed by atoms with Crippen LogP contribution in [0, 0.1) is 6.92 Å². The zero-order valence-electron chi connectivity index (χ0n) is 14.2. The van der Waals surface area contributed by atoms with E-state index in [1.54, 1.807) is 31.2 Å². The molecule has 1 aliphatic heterocycles. The van der Waals surface area contributed by atoms with E-state index in [1.807, 2.05) is 0 Å². The normalized spacial score (nSPS) is 22.6. The average molecular weight is 416 g/mol. The first-order valence-corrected chi connectivity index (χ1v) is 9.51. The van der Waals surface area contributed by atoms with Crippen LogP contribution in [0.3, 0.4) is 0 Å². The first-order valence-electron chi connectivity index (χ1n) is 8.04. The van der Waals surface area contributed by atoms with Gasteiger partial charge in [-0.3, -0.25) is 14.3 Å². The number of aliphatic hydroxyl groups is 1. The number of para-hydroxylation sites is 1. The van der Waals surface area contributed by atoms with Crippen LogP contribution in [0.5, 0.6) is 5.75 Å². The SMILES string of the molecule is Cc1cn([C@H]2CC(O[P+](=O)Oc3ccccc3Cl)[C@@H](CO)O2)c(=O)[nH]c1=O. The molecule has 0 bridgehead atoms. The third kappa shape index (κ3) is 4.45. The van der Waals surface area contributed by atoms with Gasteiger partial charge in [0.05, 0.1) is 11.6 Å². The maximum absolute atomic E-state index is 12.2. The van der Waals surface area contributed by atoms with Crippen LogP contribution in [0.15, 0.2) is 40.1 Å². The van der Waals surface area contributed by atoms with Crippen LogP contribution in [-0.4, -0.2) is 33.5 Å². The summed E-state index contributed by atoms with van der Waals surface area (Å²) in [7, 11) is -2.59. The predicted octanol–water partition coefficient (Wildman–Crippen LogP) is 1.90. The topological polar surface area (TPSA) is 120 Å². The van der Waals surface area contributed by atoms with Gasteiger partial charge in [-0.1, -0.05) is 23.7 Å². The van der Waals surface area contributed by atoms with E-state index in [-0.39, 0.29) is 17.2 Å². The van der Waals surface area contributed by atoms with Crippen molar-refractivity contribution in [3.63, 3.8) is 0 Å². The summed E-state index contributed by atoms with van der Waals surface area (Å²) in [6.07, 6.45) is -0.904. The summed E-state index contributed by atoms with van der Waals surface area (Å²) in [5.41, 5.74) is -0.808. The van der Waals surface area contributed by atoms with E-state index in [9.17, 15) is 19.3 Å². The van der Waals surface area contributed by atoms with Crippen LogP contribution in [0.2, 0.25) is 5.02 Å². The molecule has 0 saturated carbocycles. The van der Waals surface area contributed by atoms with Gasteiger partial charge in [0, 0.05) is 22.7 Å². The summed E-state index contributed by atoms with van der Waals surface area (Å²) >= 11 is 5.95. The van der Waals surface area contributed by atoms with Crippen molar-refractivity contribution < 1.29 is 23.5 Å². The van der Waals surface area contributed by atoms with Gasteiger partial charge in [-0.2, -0.15) is 0 Å². The lowest BCUT2D eigenvalue weighted by Crippen LogP contribution is -2.33. The van der Waals surface area contributed by atoms with E-state index in [0.717, 1.165) is 0 Å². The number of aliphatic hydroxyl groups excluding tert-OH is 1. The van der Waals surface area contributed by atoms with Crippen molar-refractivity contribution in [2.24, 2.45) is 0 Å². The molecule has 27 heavy (non-hydrogen) atoms. The summed E-state index contributed by atoms with van der Waals surface area (Å²) in [4.78, 5) is 25.7. The van der Waals surface area contributed by atoms with Crippen molar-refractivity contribution >= 4 is 19.9 Å². The molecule has 144 valence electrons. The molecule has 1 saturated heterocycles. The Morgan fingerprint density at radius 1 is 1.41 bits per heavy atom. The van der Waals surface area contributed by atoms with Crippen molar-refractivity contribution in [3.05, 3.63) is 61.9 Å². The second kappa shape index (κ2) is 8.33. The van der Waals surface area contributed by atoms with Crippen LogP contribution in [0.25, 0.3) is 0 Å². The molecule has 1 aromatic carbocycles. The molecule has 2 heterocycles. The molecule has 1 aliphatic rings. The standard InChI is InChI=1S/C16H16ClN2O7P/c1-9-7-19(16(22)18-15(9)21)14-6-12(13(8-20)24-14)26-27(23)25-11-5-3-2-4-10(11)17/h2-5,7,12-14,20H,6,8H2,1H3/p+1/t12?,13-,14-/m1/s1. The average Bonchev–Trinajstić information content (AvgIpc) is 3.02. The summed E-state index contributed by atoms with van der Waals surface area (Å²) < 4.78 is 29.6. The molecule has 4 atom stereocenters. The number of hydrogen-bond acceptors (Lipinski definition) is 7. The molecule has 2 N–H and O–H groups in total. The maximum atomic E-state index is 12.2. The highest BCUT2D eigenvalue weighted by Gasteiger charge is 2.44. The van der Waals surface area contributed by atoms with Gasteiger partial charge in [-0.15, -0.1) is 4.52 Å². The van der Waals surface area contributed by atoms with E-state index in [0.29, 0.717) is 5.56 Å². The Labute approximate surface area is 159 Å². The fourth-order valence-corrected chi connectivity index (χ4v) is 3.71. The minimum Gasteiger partial charge on any atom is -0.394 e. The van der Waals surface area contributed by atoms with E-state index < -0.39 is 44.5 Å².